The summed E-state index contributed by atoms with van der Waals surface area (Å²) < 4.78 is 2.25. The molecule has 8 bridgehead atoms. The van der Waals surface area contributed by atoms with E-state index in [9.17, 15) is 9.90 Å². The zero-order valence-electron chi connectivity index (χ0n) is 27.4. The second-order valence-electron chi connectivity index (χ2n) is 12.5. The molecular formula is C45H30N4O2. The molecule has 2 N–H and O–H groups in total. The highest BCUT2D eigenvalue weighted by Gasteiger charge is 2.28. The fraction of sp³-hybridized carbons (Fsp3) is 0. The molecule has 0 unspecified atom stereocenters. The minimum absolute atomic E-state index is 0.122. The van der Waals surface area contributed by atoms with E-state index in [-0.39, 0.29) is 5.57 Å². The Morgan fingerprint density at radius 1 is 0.549 bits per heavy atom. The van der Waals surface area contributed by atoms with Gasteiger partial charge < -0.3 is 14.7 Å². The Morgan fingerprint density at radius 2 is 1.06 bits per heavy atom. The molecule has 0 aliphatic carbocycles. The molecule has 6 heteroatoms. The van der Waals surface area contributed by atoms with Gasteiger partial charge in [0, 0.05) is 33.4 Å². The standard InChI is InChI=1S/C45H30N4O2/c50-45(51)38-27-36-26-34-22-21-32(46-34)25-33-23-24-35(47-33)28-39-40(29-13-5-1-6-14-29)41(30-15-7-2-8-16-30)44(49(39)37-19-11-4-12-20-37)42(43(38)48-36)31-17-9-3-10-18-31/h1-28,46H,(H,50,51). The molecule has 0 atom stereocenters. The summed E-state index contributed by atoms with van der Waals surface area (Å²) in [7, 11) is 0. The zero-order chi connectivity index (χ0) is 34.3. The number of hydrogen-bond donors (Lipinski definition) is 2. The van der Waals surface area contributed by atoms with Crippen LogP contribution in [0.25, 0.3) is 84.9 Å². The molecular weight excluding hydrogens is 629 g/mol. The number of nitrogens with zero attached hydrogens (tertiary/aromatic N) is 3. The van der Waals surface area contributed by atoms with Crippen molar-refractivity contribution in [2.75, 3.05) is 0 Å². The maximum Gasteiger partial charge on any atom is 0.337 e. The first kappa shape index (κ1) is 30.0. The minimum Gasteiger partial charge on any atom is -0.478 e. The molecule has 7 aromatic rings. The van der Waals surface area contributed by atoms with Crippen LogP contribution in [-0.2, 0) is 4.79 Å². The van der Waals surface area contributed by atoms with Crippen molar-refractivity contribution in [3.8, 4) is 39.1 Å². The highest BCUT2D eigenvalue weighted by atomic mass is 16.4. The van der Waals surface area contributed by atoms with E-state index in [1.807, 2.05) is 121 Å². The van der Waals surface area contributed by atoms with Crippen molar-refractivity contribution in [1.82, 2.24) is 19.5 Å². The van der Waals surface area contributed by atoms with Crippen molar-refractivity contribution in [2.45, 2.75) is 0 Å². The van der Waals surface area contributed by atoms with E-state index in [2.05, 4.69) is 52.0 Å². The number of rotatable bonds is 5. The van der Waals surface area contributed by atoms with E-state index in [0.29, 0.717) is 17.0 Å². The molecule has 0 radical (unpaired) electrons. The summed E-state index contributed by atoms with van der Waals surface area (Å²) in [5, 5.41) is 10.8. The quantitative estimate of drug-likeness (QED) is 0.193. The molecule has 51 heavy (non-hydrogen) atoms. The number of carbonyl (C=O) groups is 1. The smallest absolute Gasteiger partial charge is 0.337 e. The fourth-order valence-corrected chi connectivity index (χ4v) is 7.06. The van der Waals surface area contributed by atoms with E-state index in [4.69, 9.17) is 9.97 Å². The highest BCUT2D eigenvalue weighted by Crippen LogP contribution is 2.47. The largest absolute Gasteiger partial charge is 0.478 e. The fourth-order valence-electron chi connectivity index (χ4n) is 7.06. The molecule has 0 amide bonds. The summed E-state index contributed by atoms with van der Waals surface area (Å²) in [5.74, 6) is -1.05. The first-order valence-corrected chi connectivity index (χ1v) is 16.8. The van der Waals surface area contributed by atoms with Gasteiger partial charge in [0.1, 0.15) is 0 Å². The Kier molecular flexibility index (Phi) is 7.33. The van der Waals surface area contributed by atoms with Crippen LogP contribution in [0, 0.1) is 0 Å². The van der Waals surface area contributed by atoms with Gasteiger partial charge in [-0.3, -0.25) is 0 Å². The number of nitrogens with one attached hydrogen (secondary N) is 1. The molecule has 3 aromatic heterocycles. The van der Waals surface area contributed by atoms with E-state index >= 15 is 0 Å². The van der Waals surface area contributed by atoms with Gasteiger partial charge in [-0.2, -0.15) is 0 Å². The number of aliphatic carboxylic acids is 1. The number of fused-ring (bicyclic) bond motifs is 8. The Labute approximate surface area is 294 Å². The molecule has 2 aliphatic rings. The number of hydrogen-bond acceptors (Lipinski definition) is 3. The highest BCUT2D eigenvalue weighted by molar-refractivity contribution is 6.24. The first-order chi connectivity index (χ1) is 25.1. The van der Waals surface area contributed by atoms with Crippen molar-refractivity contribution in [3.05, 3.63) is 174 Å². The van der Waals surface area contributed by atoms with Crippen molar-refractivity contribution >= 4 is 51.8 Å². The van der Waals surface area contributed by atoms with E-state index in [1.54, 1.807) is 6.08 Å². The number of para-hydroxylation sites is 1. The van der Waals surface area contributed by atoms with Crippen molar-refractivity contribution in [2.24, 2.45) is 0 Å². The van der Waals surface area contributed by atoms with E-state index in [1.165, 1.54) is 0 Å². The number of aromatic nitrogens is 4. The van der Waals surface area contributed by atoms with Crippen LogP contribution in [0.15, 0.2) is 152 Å². The Morgan fingerprint density at radius 3 is 1.65 bits per heavy atom. The Balaban J connectivity index is 1.64. The van der Waals surface area contributed by atoms with Crippen LogP contribution in [0.3, 0.4) is 0 Å². The van der Waals surface area contributed by atoms with E-state index < -0.39 is 5.97 Å². The van der Waals surface area contributed by atoms with Crippen LogP contribution in [0.4, 0.5) is 0 Å². The monoisotopic (exact) mass is 658 g/mol. The second-order valence-corrected chi connectivity index (χ2v) is 12.5. The van der Waals surface area contributed by atoms with Crippen molar-refractivity contribution in [3.63, 3.8) is 0 Å². The van der Waals surface area contributed by atoms with Gasteiger partial charge in [-0.05, 0) is 77.4 Å². The molecule has 0 spiro atoms. The maximum absolute atomic E-state index is 13.2. The maximum atomic E-state index is 13.2. The lowest BCUT2D eigenvalue weighted by Gasteiger charge is -2.14. The van der Waals surface area contributed by atoms with Crippen molar-refractivity contribution < 1.29 is 9.90 Å². The van der Waals surface area contributed by atoms with Crippen LogP contribution in [-0.4, -0.2) is 30.6 Å². The van der Waals surface area contributed by atoms with Crippen molar-refractivity contribution in [1.29, 1.82) is 0 Å². The van der Waals surface area contributed by atoms with Crippen LogP contribution in [0.2, 0.25) is 0 Å². The number of aromatic amines is 1. The van der Waals surface area contributed by atoms with Gasteiger partial charge in [0.2, 0.25) is 0 Å². The number of carboxylic acid groups (broad SMARTS) is 1. The van der Waals surface area contributed by atoms with Gasteiger partial charge >= 0.3 is 5.97 Å². The summed E-state index contributed by atoms with van der Waals surface area (Å²) in [6.07, 6.45) is 5.72. The normalized spacial score (nSPS) is 12.1. The third-order valence-corrected chi connectivity index (χ3v) is 9.21. The molecule has 9 rings (SSSR count). The van der Waals surface area contributed by atoms with Crippen LogP contribution in [0.1, 0.15) is 22.8 Å². The molecule has 6 nitrogen and oxygen atoms in total. The molecule has 242 valence electrons. The van der Waals surface area contributed by atoms with Gasteiger partial charge in [0.15, 0.2) is 0 Å². The first-order valence-electron chi connectivity index (χ1n) is 16.8. The molecule has 2 aliphatic heterocycles. The average molecular weight is 659 g/mol. The summed E-state index contributed by atoms with van der Waals surface area (Å²) in [4.78, 5) is 26.8. The Hall–Kier alpha value is -7.05. The lowest BCUT2D eigenvalue weighted by Crippen LogP contribution is -2.02. The number of carboxylic acids is 1. The molecule has 0 fully saturated rings. The second kappa shape index (κ2) is 12.4. The molecule has 0 saturated carbocycles. The zero-order valence-corrected chi connectivity index (χ0v) is 27.4. The topological polar surface area (TPSA) is 83.8 Å². The summed E-state index contributed by atoms with van der Waals surface area (Å²) >= 11 is 0. The number of benzene rings is 4. The molecule has 4 aromatic carbocycles. The minimum atomic E-state index is -1.05. The predicted octanol–water partition coefficient (Wildman–Crippen LogP) is 10.6. The van der Waals surface area contributed by atoms with Gasteiger partial charge in [-0.15, -0.1) is 0 Å². The van der Waals surface area contributed by atoms with E-state index in [0.717, 1.165) is 67.0 Å². The lowest BCUT2D eigenvalue weighted by molar-refractivity contribution is -0.130. The lowest BCUT2D eigenvalue weighted by atomic mass is 9.92. The van der Waals surface area contributed by atoms with Gasteiger partial charge in [-0.1, -0.05) is 109 Å². The number of H-pyrrole nitrogens is 1. The van der Waals surface area contributed by atoms with Gasteiger partial charge in [0.05, 0.1) is 39.4 Å². The van der Waals surface area contributed by atoms with Gasteiger partial charge in [0.25, 0.3) is 0 Å². The summed E-state index contributed by atoms with van der Waals surface area (Å²) in [6, 6.07) is 50.8. The van der Waals surface area contributed by atoms with Gasteiger partial charge in [-0.25, -0.2) is 14.8 Å². The average Bonchev–Trinajstić information content (AvgIpc) is 3.97. The summed E-state index contributed by atoms with van der Waals surface area (Å²) in [5.41, 5.74) is 12.5. The SMILES string of the molecule is O=C(O)C1=Cc2cc3ccc(cc4nc(cc5c(-c6ccccc6)c(-c6ccccc6)c(c(-c6ccccc6)c1n2)n5-c1ccccc1)C=C4)[nH]3. The summed E-state index contributed by atoms with van der Waals surface area (Å²) in [6.45, 7) is 0. The molecule has 0 saturated heterocycles. The van der Waals surface area contributed by atoms with Crippen LogP contribution >= 0.6 is 0 Å². The van der Waals surface area contributed by atoms with Crippen LogP contribution in [0.5, 0.6) is 0 Å². The van der Waals surface area contributed by atoms with Crippen LogP contribution < -0.4 is 0 Å². The predicted molar refractivity (Wildman–Crippen MR) is 207 cm³/mol. The molecule has 5 heterocycles. The third kappa shape index (κ3) is 5.45. The Bertz CT molecular complexity index is 2690. The third-order valence-electron chi connectivity index (χ3n) is 9.21.